The zero-order valence-corrected chi connectivity index (χ0v) is 11.8. The van der Waals surface area contributed by atoms with Crippen molar-refractivity contribution in [1.82, 2.24) is 15.2 Å². The number of nitrogens with two attached hydrogens (primary N) is 1. The quantitative estimate of drug-likeness (QED) is 0.576. The topological polar surface area (TPSA) is 74.3 Å². The molecular formula is C13H24N4O2. The van der Waals surface area contributed by atoms with Gasteiger partial charge in [0, 0.05) is 52.1 Å². The van der Waals surface area contributed by atoms with Gasteiger partial charge in [-0.15, -0.1) is 0 Å². The summed E-state index contributed by atoms with van der Waals surface area (Å²) in [6.07, 6.45) is 5.43. The molecule has 19 heavy (non-hydrogen) atoms. The SMILES string of the molecule is COC1(C(CCc2ccnn2C)NN)CCOCC1. The molecule has 3 N–H and O–H groups in total. The number of methoxy groups -OCH3 is 1. The Morgan fingerprint density at radius 1 is 1.58 bits per heavy atom. The van der Waals surface area contributed by atoms with Gasteiger partial charge in [0.1, 0.15) is 0 Å². The van der Waals surface area contributed by atoms with Crippen molar-refractivity contribution in [2.75, 3.05) is 20.3 Å². The third-order valence-corrected chi connectivity index (χ3v) is 4.19. The van der Waals surface area contributed by atoms with Crippen LogP contribution in [0.1, 0.15) is 25.0 Å². The summed E-state index contributed by atoms with van der Waals surface area (Å²) in [7, 11) is 3.72. The molecule has 1 saturated heterocycles. The zero-order chi connectivity index (χ0) is 13.7. The average molecular weight is 268 g/mol. The van der Waals surface area contributed by atoms with Crippen LogP contribution in [0.25, 0.3) is 0 Å². The van der Waals surface area contributed by atoms with E-state index < -0.39 is 0 Å². The third kappa shape index (κ3) is 3.14. The fourth-order valence-corrected chi connectivity index (χ4v) is 2.85. The van der Waals surface area contributed by atoms with E-state index in [4.69, 9.17) is 15.3 Å². The molecule has 0 saturated carbocycles. The highest BCUT2D eigenvalue weighted by molar-refractivity contribution is 5.02. The lowest BCUT2D eigenvalue weighted by molar-refractivity contribution is -0.111. The van der Waals surface area contributed by atoms with E-state index in [1.807, 2.05) is 24.0 Å². The van der Waals surface area contributed by atoms with Crippen LogP contribution in [-0.4, -0.2) is 41.7 Å². The van der Waals surface area contributed by atoms with Gasteiger partial charge in [-0.1, -0.05) is 0 Å². The Morgan fingerprint density at radius 2 is 2.32 bits per heavy atom. The van der Waals surface area contributed by atoms with Crippen LogP contribution in [-0.2, 0) is 22.9 Å². The molecule has 108 valence electrons. The molecule has 0 aromatic carbocycles. The minimum Gasteiger partial charge on any atom is -0.381 e. The molecule has 1 fully saturated rings. The first-order chi connectivity index (χ1) is 9.22. The summed E-state index contributed by atoms with van der Waals surface area (Å²) in [6, 6.07) is 2.16. The number of nitrogens with zero attached hydrogens (tertiary/aromatic N) is 2. The maximum atomic E-state index is 5.79. The molecule has 2 heterocycles. The molecule has 1 aliphatic heterocycles. The highest BCUT2D eigenvalue weighted by Crippen LogP contribution is 2.30. The lowest BCUT2D eigenvalue weighted by Gasteiger charge is -2.42. The molecule has 2 rings (SSSR count). The van der Waals surface area contributed by atoms with Crippen LogP contribution in [0, 0.1) is 0 Å². The van der Waals surface area contributed by atoms with Gasteiger partial charge in [-0.05, 0) is 18.9 Å². The summed E-state index contributed by atoms with van der Waals surface area (Å²) in [6.45, 7) is 1.47. The minimum absolute atomic E-state index is 0.122. The van der Waals surface area contributed by atoms with Crippen molar-refractivity contribution in [2.24, 2.45) is 12.9 Å². The number of nitrogens with one attached hydrogen (secondary N) is 1. The van der Waals surface area contributed by atoms with E-state index in [9.17, 15) is 0 Å². The number of hydrogen-bond acceptors (Lipinski definition) is 5. The van der Waals surface area contributed by atoms with E-state index in [-0.39, 0.29) is 11.6 Å². The van der Waals surface area contributed by atoms with Crippen LogP contribution in [0.2, 0.25) is 0 Å². The Labute approximate surface area is 114 Å². The molecule has 1 aliphatic rings. The Hall–Kier alpha value is -0.950. The van der Waals surface area contributed by atoms with E-state index in [0.29, 0.717) is 0 Å². The molecule has 6 heteroatoms. The van der Waals surface area contributed by atoms with Gasteiger partial charge in [-0.3, -0.25) is 16.0 Å². The standard InChI is InChI=1S/C13H24N4O2/c1-17-11(5-8-15-17)3-4-12(16-14)13(18-2)6-9-19-10-7-13/h5,8,12,16H,3-4,6-7,9-10,14H2,1-2H3. The number of rotatable bonds is 6. The second-order valence-corrected chi connectivity index (χ2v) is 5.09. The normalized spacial score (nSPS) is 20.4. The van der Waals surface area contributed by atoms with Gasteiger partial charge in [-0.2, -0.15) is 5.10 Å². The van der Waals surface area contributed by atoms with Gasteiger partial charge in [-0.25, -0.2) is 0 Å². The minimum atomic E-state index is -0.217. The number of ether oxygens (including phenoxy) is 2. The van der Waals surface area contributed by atoms with E-state index in [0.717, 1.165) is 38.9 Å². The largest absolute Gasteiger partial charge is 0.381 e. The lowest BCUT2D eigenvalue weighted by atomic mass is 9.83. The fourth-order valence-electron chi connectivity index (χ4n) is 2.85. The zero-order valence-electron chi connectivity index (χ0n) is 11.8. The highest BCUT2D eigenvalue weighted by atomic mass is 16.5. The number of hydrazine groups is 1. The smallest absolute Gasteiger partial charge is 0.0888 e. The highest BCUT2D eigenvalue weighted by Gasteiger charge is 2.39. The summed E-state index contributed by atoms with van der Waals surface area (Å²) in [4.78, 5) is 0. The van der Waals surface area contributed by atoms with Crippen LogP contribution >= 0.6 is 0 Å². The Morgan fingerprint density at radius 3 is 2.84 bits per heavy atom. The van der Waals surface area contributed by atoms with Gasteiger partial charge in [0.05, 0.1) is 11.6 Å². The van der Waals surface area contributed by atoms with Crippen molar-refractivity contribution in [3.8, 4) is 0 Å². The molecule has 1 aromatic rings. The maximum absolute atomic E-state index is 5.79. The molecule has 1 atom stereocenters. The third-order valence-electron chi connectivity index (χ3n) is 4.19. The van der Waals surface area contributed by atoms with Crippen molar-refractivity contribution in [3.05, 3.63) is 18.0 Å². The van der Waals surface area contributed by atoms with Gasteiger partial charge < -0.3 is 9.47 Å². The summed E-state index contributed by atoms with van der Waals surface area (Å²) in [5.74, 6) is 5.75. The first-order valence-electron chi connectivity index (χ1n) is 6.78. The first-order valence-corrected chi connectivity index (χ1v) is 6.78. The van der Waals surface area contributed by atoms with Gasteiger partial charge in [0.25, 0.3) is 0 Å². The predicted molar refractivity (Wildman–Crippen MR) is 72.4 cm³/mol. The van der Waals surface area contributed by atoms with Crippen LogP contribution in [0.4, 0.5) is 0 Å². The van der Waals surface area contributed by atoms with Crippen molar-refractivity contribution in [1.29, 1.82) is 0 Å². The Balaban J connectivity index is 2.00. The Kier molecular flexibility index (Phi) is 4.93. The fraction of sp³-hybridized carbons (Fsp3) is 0.769. The molecule has 0 spiro atoms. The second kappa shape index (κ2) is 6.47. The van der Waals surface area contributed by atoms with Gasteiger partial charge in [0.2, 0.25) is 0 Å². The second-order valence-electron chi connectivity index (χ2n) is 5.09. The van der Waals surface area contributed by atoms with Crippen molar-refractivity contribution >= 4 is 0 Å². The molecule has 0 radical (unpaired) electrons. The lowest BCUT2D eigenvalue weighted by Crippen LogP contribution is -2.57. The first kappa shape index (κ1) is 14.5. The molecule has 0 amide bonds. The number of hydrogen-bond donors (Lipinski definition) is 2. The Bertz CT molecular complexity index is 388. The molecule has 0 bridgehead atoms. The number of aryl methyl sites for hydroxylation is 2. The van der Waals surface area contributed by atoms with Crippen molar-refractivity contribution < 1.29 is 9.47 Å². The average Bonchev–Trinajstić information content (AvgIpc) is 2.86. The number of aromatic nitrogens is 2. The molecule has 1 aromatic heterocycles. The summed E-state index contributed by atoms with van der Waals surface area (Å²) >= 11 is 0. The van der Waals surface area contributed by atoms with Gasteiger partial charge in [0.15, 0.2) is 0 Å². The van der Waals surface area contributed by atoms with Gasteiger partial charge >= 0.3 is 0 Å². The van der Waals surface area contributed by atoms with Crippen LogP contribution in [0.15, 0.2) is 12.3 Å². The van der Waals surface area contributed by atoms with Crippen LogP contribution in [0.5, 0.6) is 0 Å². The summed E-state index contributed by atoms with van der Waals surface area (Å²) in [5, 5.41) is 4.18. The molecule has 0 aliphatic carbocycles. The summed E-state index contributed by atoms with van der Waals surface area (Å²) in [5.41, 5.74) is 3.93. The van der Waals surface area contributed by atoms with E-state index >= 15 is 0 Å². The molecule has 6 nitrogen and oxygen atoms in total. The summed E-state index contributed by atoms with van der Waals surface area (Å²) < 4.78 is 13.1. The molecule has 1 unspecified atom stereocenters. The van der Waals surface area contributed by atoms with Crippen molar-refractivity contribution in [3.63, 3.8) is 0 Å². The van der Waals surface area contributed by atoms with E-state index in [1.54, 1.807) is 7.11 Å². The van der Waals surface area contributed by atoms with Crippen LogP contribution < -0.4 is 11.3 Å². The van der Waals surface area contributed by atoms with E-state index in [2.05, 4.69) is 10.5 Å². The maximum Gasteiger partial charge on any atom is 0.0888 e. The van der Waals surface area contributed by atoms with E-state index in [1.165, 1.54) is 5.69 Å². The van der Waals surface area contributed by atoms with Crippen molar-refractivity contribution in [2.45, 2.75) is 37.3 Å². The van der Waals surface area contributed by atoms with Crippen LogP contribution in [0.3, 0.4) is 0 Å². The molecular weight excluding hydrogens is 244 g/mol. The monoisotopic (exact) mass is 268 g/mol. The predicted octanol–water partition coefficient (Wildman–Crippen LogP) is 0.380.